The summed E-state index contributed by atoms with van der Waals surface area (Å²) in [4.78, 5) is 30.8. The maximum atomic E-state index is 13.0. The van der Waals surface area contributed by atoms with Crippen LogP contribution >= 0.6 is 0 Å². The highest BCUT2D eigenvalue weighted by molar-refractivity contribution is 6.12. The minimum absolute atomic E-state index is 0.251. The summed E-state index contributed by atoms with van der Waals surface area (Å²) < 4.78 is 12.6. The van der Waals surface area contributed by atoms with Gasteiger partial charge in [-0.05, 0) is 43.2 Å². The zero-order valence-corrected chi connectivity index (χ0v) is 21.4. The number of ether oxygens (including phenoxy) is 2. The Kier molecular flexibility index (Phi) is 8.59. The topological polar surface area (TPSA) is 94.5 Å². The monoisotopic (exact) mass is 492 g/mol. The molecule has 192 valence electrons. The van der Waals surface area contributed by atoms with Crippen LogP contribution in [0, 0.1) is 5.92 Å². The summed E-state index contributed by atoms with van der Waals surface area (Å²) in [5.41, 5.74) is 3.44. The molecule has 1 aliphatic rings. The lowest BCUT2D eigenvalue weighted by molar-refractivity contribution is -0.124. The van der Waals surface area contributed by atoms with E-state index in [9.17, 15) is 9.59 Å². The minimum Gasteiger partial charge on any atom is -0.464 e. The number of amides is 1. The molecule has 2 atom stereocenters. The van der Waals surface area contributed by atoms with E-state index in [1.54, 1.807) is 6.20 Å². The van der Waals surface area contributed by atoms with Crippen molar-refractivity contribution in [3.63, 3.8) is 0 Å². The molecule has 3 aromatic rings. The normalized spacial score (nSPS) is 16.1. The van der Waals surface area contributed by atoms with Crippen molar-refractivity contribution in [1.82, 2.24) is 9.55 Å². The molecule has 0 unspecified atom stereocenters. The van der Waals surface area contributed by atoms with Crippen LogP contribution in [-0.2, 0) is 27.2 Å². The van der Waals surface area contributed by atoms with Gasteiger partial charge in [0, 0.05) is 25.1 Å². The van der Waals surface area contributed by atoms with Crippen LogP contribution in [0.5, 0.6) is 0 Å². The fourth-order valence-corrected chi connectivity index (χ4v) is 4.49. The minimum atomic E-state index is -0.522. The number of hydrogen-bond acceptors (Lipinski definition) is 6. The van der Waals surface area contributed by atoms with Gasteiger partial charge in [0.05, 0.1) is 24.7 Å². The van der Waals surface area contributed by atoms with Crippen LogP contribution in [0.1, 0.15) is 55.6 Å². The van der Waals surface area contributed by atoms with Crippen LogP contribution in [0.3, 0.4) is 0 Å². The lowest BCUT2D eigenvalue weighted by Gasteiger charge is -2.13. The molecule has 0 radical (unpaired) electrons. The van der Waals surface area contributed by atoms with Gasteiger partial charge in [-0.15, -0.1) is 0 Å². The second-order valence-corrected chi connectivity index (χ2v) is 9.44. The Morgan fingerprint density at radius 2 is 2.08 bits per heavy atom. The number of carbonyl (C=O) groups excluding carboxylic acids is 2. The molecule has 4 rings (SSSR count). The number of nitrogens with one attached hydrogen (secondary N) is 2. The molecular formula is C28H36N4O4. The van der Waals surface area contributed by atoms with Crippen LogP contribution in [0.25, 0.3) is 11.0 Å². The molecule has 0 bridgehead atoms. The van der Waals surface area contributed by atoms with Crippen LogP contribution in [-0.4, -0.2) is 47.8 Å². The van der Waals surface area contributed by atoms with Crippen molar-refractivity contribution in [3.8, 4) is 0 Å². The quantitative estimate of drug-likeness (QED) is 0.365. The first-order valence-corrected chi connectivity index (χ1v) is 12.8. The molecule has 1 amide bonds. The number of rotatable bonds is 11. The van der Waals surface area contributed by atoms with Crippen molar-refractivity contribution in [2.45, 2.75) is 58.6 Å². The molecule has 0 saturated carbocycles. The number of methoxy groups -OCH3 is 1. The van der Waals surface area contributed by atoms with Crippen LogP contribution in [0.15, 0.2) is 42.6 Å². The third kappa shape index (κ3) is 5.87. The number of anilines is 2. The number of carbonyl (C=O) groups is 2. The van der Waals surface area contributed by atoms with Gasteiger partial charge in [0.15, 0.2) is 5.69 Å². The molecule has 0 spiro atoms. The van der Waals surface area contributed by atoms with Crippen LogP contribution in [0.4, 0.5) is 11.4 Å². The predicted molar refractivity (Wildman–Crippen MR) is 141 cm³/mol. The number of nitrogens with zero attached hydrogens (tertiary/aromatic N) is 2. The van der Waals surface area contributed by atoms with E-state index in [1.807, 2.05) is 28.8 Å². The van der Waals surface area contributed by atoms with E-state index in [2.05, 4.69) is 36.6 Å². The van der Waals surface area contributed by atoms with Gasteiger partial charge >= 0.3 is 5.97 Å². The van der Waals surface area contributed by atoms with E-state index in [0.29, 0.717) is 47.9 Å². The average molecular weight is 493 g/mol. The third-order valence-electron chi connectivity index (χ3n) is 6.79. The lowest BCUT2D eigenvalue weighted by atomic mass is 10.1. The molecule has 3 heterocycles. The fourth-order valence-electron chi connectivity index (χ4n) is 4.49. The molecule has 8 heteroatoms. The SMILES string of the molecule is CC[C@@H](C)CNc1cnc2c(c1)c(NC(=O)[C@H]1CCCO1)c(C(=O)OC)n2CCCc1ccccc1. The Bertz CT molecular complexity index is 1190. The largest absolute Gasteiger partial charge is 0.464 e. The highest BCUT2D eigenvalue weighted by Gasteiger charge is 2.30. The Hall–Kier alpha value is -3.39. The first kappa shape index (κ1) is 25.7. The highest BCUT2D eigenvalue weighted by atomic mass is 16.5. The van der Waals surface area contributed by atoms with E-state index in [0.717, 1.165) is 37.9 Å². The first-order chi connectivity index (χ1) is 17.5. The Balaban J connectivity index is 1.71. The van der Waals surface area contributed by atoms with E-state index in [-0.39, 0.29) is 5.91 Å². The first-order valence-electron chi connectivity index (χ1n) is 12.8. The van der Waals surface area contributed by atoms with Crippen molar-refractivity contribution < 1.29 is 19.1 Å². The van der Waals surface area contributed by atoms with E-state index < -0.39 is 12.1 Å². The predicted octanol–water partition coefficient (Wildman–Crippen LogP) is 5.03. The summed E-state index contributed by atoms with van der Waals surface area (Å²) in [6.07, 6.45) is 5.48. The Morgan fingerprint density at radius 1 is 1.28 bits per heavy atom. The number of esters is 1. The molecule has 1 aliphatic heterocycles. The van der Waals surface area contributed by atoms with E-state index in [1.165, 1.54) is 12.7 Å². The number of hydrogen-bond donors (Lipinski definition) is 2. The highest BCUT2D eigenvalue weighted by Crippen LogP contribution is 2.33. The zero-order chi connectivity index (χ0) is 25.5. The van der Waals surface area contributed by atoms with E-state index >= 15 is 0 Å². The summed E-state index contributed by atoms with van der Waals surface area (Å²) in [6.45, 7) is 6.27. The molecule has 8 nitrogen and oxygen atoms in total. The van der Waals surface area contributed by atoms with Gasteiger partial charge in [0.1, 0.15) is 11.8 Å². The van der Waals surface area contributed by atoms with Gasteiger partial charge in [-0.2, -0.15) is 0 Å². The summed E-state index contributed by atoms with van der Waals surface area (Å²) >= 11 is 0. The van der Waals surface area contributed by atoms with Gasteiger partial charge in [-0.25, -0.2) is 9.78 Å². The third-order valence-corrected chi connectivity index (χ3v) is 6.79. The number of aromatic nitrogens is 2. The number of pyridine rings is 1. The smallest absolute Gasteiger partial charge is 0.356 e. The lowest BCUT2D eigenvalue weighted by Crippen LogP contribution is -2.28. The van der Waals surface area contributed by atoms with Gasteiger partial charge in [0.25, 0.3) is 5.91 Å². The molecular weight excluding hydrogens is 456 g/mol. The van der Waals surface area contributed by atoms with Crippen LogP contribution in [0.2, 0.25) is 0 Å². The van der Waals surface area contributed by atoms with Gasteiger partial charge < -0.3 is 24.7 Å². The maximum absolute atomic E-state index is 13.0. The molecule has 1 aromatic carbocycles. The van der Waals surface area contributed by atoms with Crippen molar-refractivity contribution >= 4 is 34.3 Å². The zero-order valence-electron chi connectivity index (χ0n) is 21.4. The number of aryl methyl sites for hydroxylation is 2. The second kappa shape index (κ2) is 12.0. The molecule has 1 fully saturated rings. The fraction of sp³-hybridized carbons (Fsp3) is 0.464. The molecule has 2 N–H and O–H groups in total. The number of benzene rings is 1. The van der Waals surface area contributed by atoms with Crippen LogP contribution < -0.4 is 10.6 Å². The molecule has 1 saturated heterocycles. The summed E-state index contributed by atoms with van der Waals surface area (Å²) in [6, 6.07) is 12.2. The molecule has 0 aliphatic carbocycles. The maximum Gasteiger partial charge on any atom is 0.356 e. The Labute approximate surface area is 212 Å². The average Bonchev–Trinajstić information content (AvgIpc) is 3.55. The molecule has 2 aromatic heterocycles. The number of fused-ring (bicyclic) bond motifs is 1. The van der Waals surface area contributed by atoms with Gasteiger partial charge in [-0.3, -0.25) is 4.79 Å². The Morgan fingerprint density at radius 3 is 2.78 bits per heavy atom. The van der Waals surface area contributed by atoms with Crippen molar-refractivity contribution in [2.75, 3.05) is 30.9 Å². The van der Waals surface area contributed by atoms with E-state index in [4.69, 9.17) is 14.5 Å². The second-order valence-electron chi connectivity index (χ2n) is 9.44. The molecule has 36 heavy (non-hydrogen) atoms. The summed E-state index contributed by atoms with van der Waals surface area (Å²) in [5, 5.41) is 7.13. The van der Waals surface area contributed by atoms with Gasteiger partial charge in [0.2, 0.25) is 0 Å². The summed E-state index contributed by atoms with van der Waals surface area (Å²) in [5.74, 6) is -0.254. The van der Waals surface area contributed by atoms with Gasteiger partial charge in [-0.1, -0.05) is 50.6 Å². The summed E-state index contributed by atoms with van der Waals surface area (Å²) in [7, 11) is 1.35. The van der Waals surface area contributed by atoms with Crippen molar-refractivity contribution in [1.29, 1.82) is 0 Å². The van der Waals surface area contributed by atoms with Crippen molar-refractivity contribution in [3.05, 3.63) is 53.9 Å². The standard InChI is InChI=1S/C28H36N4O4/c1-4-19(2)17-29-21-16-22-24(31-27(33)23-13-9-15-36-23)25(28(34)35-3)32(26(22)30-18-21)14-8-12-20-10-6-5-7-11-20/h5-7,10-11,16,18-19,23,29H,4,8-9,12-15,17H2,1-3H3,(H,31,33)/t19-,23-/m1/s1. The van der Waals surface area contributed by atoms with Crippen molar-refractivity contribution in [2.24, 2.45) is 5.92 Å².